The minimum absolute atomic E-state index is 0.0438. The van der Waals surface area contributed by atoms with Gasteiger partial charge in [-0.3, -0.25) is 0 Å². The Morgan fingerprint density at radius 1 is 0.944 bits per heavy atom. The van der Waals surface area contributed by atoms with Crippen molar-refractivity contribution in [1.29, 1.82) is 0 Å². The molecule has 0 spiro atoms. The lowest BCUT2D eigenvalue weighted by Crippen LogP contribution is -2.27. The van der Waals surface area contributed by atoms with Gasteiger partial charge >= 0.3 is 0 Å². The zero-order chi connectivity index (χ0) is 12.5. The quantitative estimate of drug-likeness (QED) is 0.826. The van der Waals surface area contributed by atoms with Gasteiger partial charge in [0.15, 0.2) is 0 Å². The van der Waals surface area contributed by atoms with Gasteiger partial charge in [0.1, 0.15) is 11.9 Å². The fraction of sp³-hybridized carbons (Fsp3) is 0.250. The maximum atomic E-state index is 10.4. The van der Waals surface area contributed by atoms with Crippen LogP contribution in [0.25, 0.3) is 0 Å². The minimum Gasteiger partial charge on any atom is -0.485 e. The number of hydrogen-bond donors (Lipinski definition) is 1. The number of aliphatic hydroxyl groups excluding tert-OH is 1. The summed E-state index contributed by atoms with van der Waals surface area (Å²) in [5.74, 6) is 0.833. The standard InChI is InChI=1S/C16H16O2/c1-11-15(17)13-9-5-6-10-14(13)18-16(11)12-7-3-2-4-8-12/h2-11,15-17H,1H3/t11-,15-,16+/m1/s1. The van der Waals surface area contributed by atoms with Crippen molar-refractivity contribution in [2.45, 2.75) is 19.1 Å². The molecule has 1 aliphatic rings. The van der Waals surface area contributed by atoms with Crippen LogP contribution in [0.2, 0.25) is 0 Å². The Balaban J connectivity index is 2.01. The van der Waals surface area contributed by atoms with Crippen molar-refractivity contribution in [2.24, 2.45) is 5.92 Å². The molecule has 18 heavy (non-hydrogen) atoms. The second-order valence-electron chi connectivity index (χ2n) is 4.79. The summed E-state index contributed by atoms with van der Waals surface area (Å²) < 4.78 is 6.04. The van der Waals surface area contributed by atoms with E-state index in [-0.39, 0.29) is 12.0 Å². The van der Waals surface area contributed by atoms with E-state index in [0.717, 1.165) is 16.9 Å². The second-order valence-corrected chi connectivity index (χ2v) is 4.79. The monoisotopic (exact) mass is 240 g/mol. The molecule has 2 aromatic rings. The van der Waals surface area contributed by atoms with E-state index in [0.29, 0.717) is 0 Å². The van der Waals surface area contributed by atoms with Crippen LogP contribution in [0.1, 0.15) is 30.3 Å². The van der Waals surface area contributed by atoms with Gasteiger partial charge in [-0.05, 0) is 11.6 Å². The van der Waals surface area contributed by atoms with Crippen LogP contribution in [0.4, 0.5) is 0 Å². The number of ether oxygens (including phenoxy) is 1. The van der Waals surface area contributed by atoms with Crippen molar-refractivity contribution in [3.8, 4) is 5.75 Å². The average molecular weight is 240 g/mol. The zero-order valence-corrected chi connectivity index (χ0v) is 10.3. The van der Waals surface area contributed by atoms with Crippen LogP contribution in [0.3, 0.4) is 0 Å². The molecule has 2 nitrogen and oxygen atoms in total. The van der Waals surface area contributed by atoms with Gasteiger partial charge in [0.05, 0.1) is 6.10 Å². The number of para-hydroxylation sites is 1. The lowest BCUT2D eigenvalue weighted by molar-refractivity contribution is 0.00765. The summed E-state index contributed by atoms with van der Waals surface area (Å²) in [4.78, 5) is 0. The van der Waals surface area contributed by atoms with Crippen LogP contribution in [-0.2, 0) is 0 Å². The Bertz CT molecular complexity index is 536. The first-order chi connectivity index (χ1) is 8.77. The third-order valence-electron chi connectivity index (χ3n) is 3.60. The van der Waals surface area contributed by atoms with Crippen molar-refractivity contribution in [3.05, 3.63) is 65.7 Å². The number of aliphatic hydroxyl groups is 1. The van der Waals surface area contributed by atoms with Gasteiger partial charge in [0.25, 0.3) is 0 Å². The second kappa shape index (κ2) is 4.46. The van der Waals surface area contributed by atoms with E-state index < -0.39 is 6.10 Å². The van der Waals surface area contributed by atoms with Crippen molar-refractivity contribution in [1.82, 2.24) is 0 Å². The first-order valence-corrected chi connectivity index (χ1v) is 6.26. The number of fused-ring (bicyclic) bond motifs is 1. The van der Waals surface area contributed by atoms with E-state index in [1.807, 2.05) is 61.5 Å². The molecular weight excluding hydrogens is 224 g/mol. The van der Waals surface area contributed by atoms with Crippen molar-refractivity contribution < 1.29 is 9.84 Å². The van der Waals surface area contributed by atoms with Crippen LogP contribution < -0.4 is 4.74 Å². The molecule has 0 aromatic heterocycles. The number of benzene rings is 2. The van der Waals surface area contributed by atoms with Gasteiger partial charge in [-0.25, -0.2) is 0 Å². The third-order valence-corrected chi connectivity index (χ3v) is 3.60. The molecule has 0 radical (unpaired) electrons. The molecule has 3 rings (SSSR count). The topological polar surface area (TPSA) is 29.5 Å². The highest BCUT2D eigenvalue weighted by Crippen LogP contribution is 2.44. The van der Waals surface area contributed by atoms with Crippen molar-refractivity contribution in [3.63, 3.8) is 0 Å². The van der Waals surface area contributed by atoms with Gasteiger partial charge in [-0.2, -0.15) is 0 Å². The smallest absolute Gasteiger partial charge is 0.129 e. The van der Waals surface area contributed by atoms with Crippen LogP contribution in [0.5, 0.6) is 5.75 Å². The summed E-state index contributed by atoms with van der Waals surface area (Å²) in [5.41, 5.74) is 2.00. The molecule has 0 bridgehead atoms. The van der Waals surface area contributed by atoms with Crippen LogP contribution >= 0.6 is 0 Å². The molecule has 0 saturated carbocycles. The van der Waals surface area contributed by atoms with Crippen molar-refractivity contribution in [2.75, 3.05) is 0 Å². The Morgan fingerprint density at radius 2 is 1.61 bits per heavy atom. The molecule has 0 saturated heterocycles. The van der Waals surface area contributed by atoms with E-state index in [1.165, 1.54) is 0 Å². The molecule has 0 aliphatic carbocycles. The number of hydrogen-bond acceptors (Lipinski definition) is 2. The third kappa shape index (κ3) is 1.79. The molecule has 0 unspecified atom stereocenters. The van der Waals surface area contributed by atoms with Crippen molar-refractivity contribution >= 4 is 0 Å². The minimum atomic E-state index is -0.472. The van der Waals surface area contributed by atoms with Gasteiger partial charge in [-0.15, -0.1) is 0 Å². The van der Waals surface area contributed by atoms with E-state index >= 15 is 0 Å². The molecule has 1 aliphatic heterocycles. The van der Waals surface area contributed by atoms with Gasteiger partial charge in [0, 0.05) is 11.5 Å². The Hall–Kier alpha value is -1.80. The SMILES string of the molecule is C[C@H]1[C@@H](c2ccccc2)Oc2ccccc2[C@@H]1O. The Labute approximate surface area is 107 Å². The normalized spacial score (nSPS) is 26.2. The Kier molecular flexibility index (Phi) is 2.80. The Morgan fingerprint density at radius 3 is 2.39 bits per heavy atom. The maximum Gasteiger partial charge on any atom is 0.129 e. The molecule has 2 heteroatoms. The van der Waals surface area contributed by atoms with E-state index in [9.17, 15) is 5.11 Å². The predicted molar refractivity (Wildman–Crippen MR) is 70.4 cm³/mol. The summed E-state index contributed by atoms with van der Waals surface area (Å²) in [6.45, 7) is 2.03. The molecule has 3 atom stereocenters. The molecular formula is C16H16O2. The summed E-state index contributed by atoms with van der Waals surface area (Å²) in [5, 5.41) is 10.4. The highest BCUT2D eigenvalue weighted by molar-refractivity contribution is 5.39. The first kappa shape index (κ1) is 11.3. The molecule has 2 aromatic carbocycles. The summed E-state index contributed by atoms with van der Waals surface area (Å²) in [7, 11) is 0. The van der Waals surface area contributed by atoms with Gasteiger partial charge in [0.2, 0.25) is 0 Å². The fourth-order valence-corrected chi connectivity index (χ4v) is 2.54. The molecule has 1 N–H and O–H groups in total. The molecule has 0 amide bonds. The summed E-state index contributed by atoms with van der Waals surface area (Å²) in [6.07, 6.45) is -0.559. The lowest BCUT2D eigenvalue weighted by Gasteiger charge is -2.35. The largest absolute Gasteiger partial charge is 0.485 e. The average Bonchev–Trinajstić information content (AvgIpc) is 2.44. The highest BCUT2D eigenvalue weighted by atomic mass is 16.5. The van der Waals surface area contributed by atoms with Crippen LogP contribution in [-0.4, -0.2) is 5.11 Å². The number of rotatable bonds is 1. The molecule has 0 fully saturated rings. The van der Waals surface area contributed by atoms with Gasteiger partial charge < -0.3 is 9.84 Å². The lowest BCUT2D eigenvalue weighted by atomic mass is 9.86. The highest BCUT2D eigenvalue weighted by Gasteiger charge is 2.34. The summed E-state index contributed by atoms with van der Waals surface area (Å²) >= 11 is 0. The van der Waals surface area contributed by atoms with Crippen LogP contribution in [0.15, 0.2) is 54.6 Å². The first-order valence-electron chi connectivity index (χ1n) is 6.26. The van der Waals surface area contributed by atoms with E-state index in [1.54, 1.807) is 0 Å². The maximum absolute atomic E-state index is 10.4. The van der Waals surface area contributed by atoms with E-state index in [4.69, 9.17) is 4.74 Å². The molecule has 92 valence electrons. The predicted octanol–water partition coefficient (Wildman–Crippen LogP) is 3.49. The van der Waals surface area contributed by atoms with E-state index in [2.05, 4.69) is 0 Å². The zero-order valence-electron chi connectivity index (χ0n) is 10.3. The molecule has 1 heterocycles. The summed E-state index contributed by atoms with van der Waals surface area (Å²) in [6, 6.07) is 17.8. The van der Waals surface area contributed by atoms with Gasteiger partial charge in [-0.1, -0.05) is 55.5 Å². The van der Waals surface area contributed by atoms with Crippen LogP contribution in [0, 0.1) is 5.92 Å². The fourth-order valence-electron chi connectivity index (χ4n) is 2.54.